The number of carbonyl (C=O) groups is 3. The second-order valence-corrected chi connectivity index (χ2v) is 4.61. The number of anilines is 1. The van der Waals surface area contributed by atoms with Gasteiger partial charge in [0.2, 0.25) is 5.91 Å². The normalized spacial score (nSPS) is 9.86. The van der Waals surface area contributed by atoms with Crippen molar-refractivity contribution in [3.63, 3.8) is 0 Å². The van der Waals surface area contributed by atoms with Crippen molar-refractivity contribution in [1.29, 1.82) is 0 Å². The van der Waals surface area contributed by atoms with Crippen LogP contribution >= 0.6 is 0 Å². The lowest BCUT2D eigenvalue weighted by Crippen LogP contribution is -2.32. The summed E-state index contributed by atoms with van der Waals surface area (Å²) >= 11 is 0. The van der Waals surface area contributed by atoms with Crippen LogP contribution in [0.5, 0.6) is 0 Å². The minimum Gasteiger partial charge on any atom is -0.343 e. The molecule has 0 aliphatic heterocycles. The molecule has 1 heterocycles. The third kappa shape index (κ3) is 4.24. The minimum atomic E-state index is -0.366. The smallest absolute Gasteiger partial charge is 0.253 e. The molecule has 0 aliphatic carbocycles. The number of benzene rings is 1. The van der Waals surface area contributed by atoms with Crippen LogP contribution in [-0.4, -0.2) is 29.1 Å². The largest absolute Gasteiger partial charge is 0.343 e. The van der Waals surface area contributed by atoms with Crippen LogP contribution in [0.15, 0.2) is 48.8 Å². The number of amides is 2. The average molecular weight is 297 g/mol. The van der Waals surface area contributed by atoms with Gasteiger partial charge in [-0.1, -0.05) is 0 Å². The minimum absolute atomic E-state index is 0.0402. The van der Waals surface area contributed by atoms with Crippen molar-refractivity contribution in [1.82, 2.24) is 10.3 Å². The summed E-state index contributed by atoms with van der Waals surface area (Å²) in [5.41, 5.74) is 1.52. The molecule has 0 saturated carbocycles. The van der Waals surface area contributed by atoms with Crippen LogP contribution in [0.3, 0.4) is 0 Å². The van der Waals surface area contributed by atoms with Crippen LogP contribution in [0.1, 0.15) is 27.6 Å². The van der Waals surface area contributed by atoms with Gasteiger partial charge in [0.1, 0.15) is 0 Å². The van der Waals surface area contributed by atoms with Crippen molar-refractivity contribution in [3.05, 3.63) is 59.9 Å². The molecule has 2 rings (SSSR count). The van der Waals surface area contributed by atoms with Crippen molar-refractivity contribution < 1.29 is 14.4 Å². The molecule has 0 bridgehead atoms. The van der Waals surface area contributed by atoms with E-state index in [0.29, 0.717) is 16.8 Å². The number of ketones is 1. The van der Waals surface area contributed by atoms with E-state index in [2.05, 4.69) is 15.6 Å². The molecule has 2 aromatic rings. The Morgan fingerprint density at radius 2 is 1.77 bits per heavy atom. The van der Waals surface area contributed by atoms with Crippen molar-refractivity contribution in [3.8, 4) is 0 Å². The van der Waals surface area contributed by atoms with Crippen LogP contribution < -0.4 is 10.6 Å². The van der Waals surface area contributed by atoms with Crippen LogP contribution in [-0.2, 0) is 4.79 Å². The van der Waals surface area contributed by atoms with E-state index in [9.17, 15) is 14.4 Å². The first-order valence-corrected chi connectivity index (χ1v) is 6.65. The molecule has 6 nitrogen and oxygen atoms in total. The van der Waals surface area contributed by atoms with Gasteiger partial charge in [-0.15, -0.1) is 0 Å². The first-order valence-electron chi connectivity index (χ1n) is 6.65. The quantitative estimate of drug-likeness (QED) is 0.821. The van der Waals surface area contributed by atoms with Crippen molar-refractivity contribution >= 4 is 23.3 Å². The average Bonchev–Trinajstić information content (AvgIpc) is 2.54. The fourth-order valence-electron chi connectivity index (χ4n) is 1.75. The molecule has 1 aromatic heterocycles. The first-order chi connectivity index (χ1) is 10.6. The highest BCUT2D eigenvalue weighted by Crippen LogP contribution is 2.09. The summed E-state index contributed by atoms with van der Waals surface area (Å²) in [4.78, 5) is 38.5. The van der Waals surface area contributed by atoms with Gasteiger partial charge in [-0.3, -0.25) is 19.4 Å². The SMILES string of the molecule is CC(=O)c1ccc(NC(=O)CNC(=O)c2cccnc2)cc1. The number of rotatable bonds is 5. The molecule has 0 spiro atoms. The van der Waals surface area contributed by atoms with Crippen LogP contribution in [0, 0.1) is 0 Å². The molecule has 22 heavy (non-hydrogen) atoms. The predicted molar refractivity (Wildman–Crippen MR) is 81.6 cm³/mol. The Morgan fingerprint density at radius 1 is 1.05 bits per heavy atom. The highest BCUT2D eigenvalue weighted by molar-refractivity contribution is 5.99. The summed E-state index contributed by atoms with van der Waals surface area (Å²) in [5.74, 6) is -0.760. The Kier molecular flexibility index (Phi) is 4.98. The molecule has 0 aliphatic rings. The molecule has 0 unspecified atom stereocenters. The van der Waals surface area contributed by atoms with Gasteiger partial charge in [-0.25, -0.2) is 0 Å². The molecule has 0 radical (unpaired) electrons. The van der Waals surface area contributed by atoms with E-state index < -0.39 is 0 Å². The molecule has 6 heteroatoms. The maximum atomic E-state index is 11.8. The molecule has 1 aromatic carbocycles. The Balaban J connectivity index is 1.85. The van der Waals surface area contributed by atoms with E-state index in [0.717, 1.165) is 0 Å². The molecule has 0 saturated heterocycles. The topological polar surface area (TPSA) is 88.2 Å². The molecule has 0 atom stereocenters. The number of nitrogens with one attached hydrogen (secondary N) is 2. The number of nitrogens with zero attached hydrogens (tertiary/aromatic N) is 1. The van der Waals surface area contributed by atoms with Gasteiger partial charge in [-0.05, 0) is 43.3 Å². The third-order valence-electron chi connectivity index (χ3n) is 2.91. The summed E-state index contributed by atoms with van der Waals surface area (Å²) in [7, 11) is 0. The molecular formula is C16H15N3O3. The first kappa shape index (κ1) is 15.4. The second-order valence-electron chi connectivity index (χ2n) is 4.61. The number of pyridine rings is 1. The number of Topliss-reactive ketones (excluding diaryl/α,β-unsaturated/α-hetero) is 1. The van der Waals surface area contributed by atoms with Crippen molar-refractivity contribution in [2.45, 2.75) is 6.92 Å². The third-order valence-corrected chi connectivity index (χ3v) is 2.91. The van der Waals surface area contributed by atoms with Crippen molar-refractivity contribution in [2.75, 3.05) is 11.9 Å². The van der Waals surface area contributed by atoms with E-state index in [1.54, 1.807) is 42.6 Å². The summed E-state index contributed by atoms with van der Waals surface area (Å²) in [6.45, 7) is 1.32. The molecule has 2 amide bonds. The number of hydrogen-bond donors (Lipinski definition) is 2. The second kappa shape index (κ2) is 7.12. The summed E-state index contributed by atoms with van der Waals surface area (Å²) in [5, 5.41) is 5.14. The van der Waals surface area contributed by atoms with E-state index in [1.807, 2.05) is 0 Å². The van der Waals surface area contributed by atoms with Gasteiger partial charge in [0.05, 0.1) is 12.1 Å². The van der Waals surface area contributed by atoms with Crippen LogP contribution in [0.2, 0.25) is 0 Å². The van der Waals surface area contributed by atoms with Gasteiger partial charge < -0.3 is 10.6 Å². The Bertz CT molecular complexity index is 682. The van der Waals surface area contributed by atoms with Crippen LogP contribution in [0.4, 0.5) is 5.69 Å². The van der Waals surface area contributed by atoms with E-state index >= 15 is 0 Å². The lowest BCUT2D eigenvalue weighted by Gasteiger charge is -2.07. The Hall–Kier alpha value is -3.02. The zero-order valence-electron chi connectivity index (χ0n) is 12.0. The molecular weight excluding hydrogens is 282 g/mol. The zero-order valence-corrected chi connectivity index (χ0v) is 12.0. The van der Waals surface area contributed by atoms with E-state index in [1.165, 1.54) is 13.1 Å². The Labute approximate surface area is 127 Å². The van der Waals surface area contributed by atoms with Gasteiger partial charge in [0.15, 0.2) is 5.78 Å². The number of hydrogen-bond acceptors (Lipinski definition) is 4. The van der Waals surface area contributed by atoms with Gasteiger partial charge in [0.25, 0.3) is 5.91 Å². The fraction of sp³-hybridized carbons (Fsp3) is 0.125. The monoisotopic (exact) mass is 297 g/mol. The summed E-state index contributed by atoms with van der Waals surface area (Å²) < 4.78 is 0. The lowest BCUT2D eigenvalue weighted by molar-refractivity contribution is -0.115. The highest BCUT2D eigenvalue weighted by Gasteiger charge is 2.08. The highest BCUT2D eigenvalue weighted by atomic mass is 16.2. The number of carbonyl (C=O) groups excluding carboxylic acids is 3. The predicted octanol–water partition coefficient (Wildman–Crippen LogP) is 1.65. The van der Waals surface area contributed by atoms with Crippen LogP contribution in [0.25, 0.3) is 0 Å². The maximum absolute atomic E-state index is 11.8. The van der Waals surface area contributed by atoms with Gasteiger partial charge >= 0.3 is 0 Å². The Morgan fingerprint density at radius 3 is 2.36 bits per heavy atom. The molecule has 112 valence electrons. The van der Waals surface area contributed by atoms with E-state index in [4.69, 9.17) is 0 Å². The lowest BCUT2D eigenvalue weighted by atomic mass is 10.1. The summed E-state index contributed by atoms with van der Waals surface area (Å²) in [6, 6.07) is 9.79. The molecule has 0 fully saturated rings. The maximum Gasteiger partial charge on any atom is 0.253 e. The number of aromatic nitrogens is 1. The van der Waals surface area contributed by atoms with Gasteiger partial charge in [-0.2, -0.15) is 0 Å². The van der Waals surface area contributed by atoms with Crippen molar-refractivity contribution in [2.24, 2.45) is 0 Å². The molecule has 2 N–H and O–H groups in total. The standard InChI is InChI=1S/C16H15N3O3/c1-11(20)12-4-6-14(7-5-12)19-15(21)10-18-16(22)13-3-2-8-17-9-13/h2-9H,10H2,1H3,(H,18,22)(H,19,21). The van der Waals surface area contributed by atoms with E-state index in [-0.39, 0.29) is 24.1 Å². The van der Waals surface area contributed by atoms with Gasteiger partial charge in [0, 0.05) is 23.6 Å². The zero-order chi connectivity index (χ0) is 15.9. The summed E-state index contributed by atoms with van der Waals surface area (Å²) in [6.07, 6.45) is 2.99. The fourth-order valence-corrected chi connectivity index (χ4v) is 1.75.